The fourth-order valence-corrected chi connectivity index (χ4v) is 4.22. The number of benzene rings is 2. The van der Waals surface area contributed by atoms with Crippen molar-refractivity contribution in [2.75, 3.05) is 5.75 Å². The predicted octanol–water partition coefficient (Wildman–Crippen LogP) is 2.39. The number of nitrogens with zero attached hydrogens (tertiary/aromatic N) is 1. The molecule has 0 aliphatic heterocycles. The molecule has 4 rings (SSSR count). The standard InChI is InChI=1S/C20H21N3O4S/c1-2-28(26,27)16-5-3-4-13(10-16)12-21-19(24)14-6-9-18-17(11-14)22-20(25)23(18)15-7-8-15/h3-6,9-11,15H,2,7-8,12H2,1H3,(H,21,24)(H,22,25). The van der Waals surface area contributed by atoms with E-state index in [4.69, 9.17) is 0 Å². The molecule has 28 heavy (non-hydrogen) atoms. The van der Waals surface area contributed by atoms with Crippen molar-refractivity contribution in [3.8, 4) is 0 Å². The van der Waals surface area contributed by atoms with Gasteiger partial charge >= 0.3 is 5.69 Å². The molecule has 1 fully saturated rings. The highest BCUT2D eigenvalue weighted by Crippen LogP contribution is 2.35. The molecule has 146 valence electrons. The van der Waals surface area contributed by atoms with E-state index in [1.807, 2.05) is 0 Å². The van der Waals surface area contributed by atoms with Crippen LogP contribution in [0.1, 0.15) is 41.7 Å². The number of carbonyl (C=O) groups is 1. The smallest absolute Gasteiger partial charge is 0.326 e. The summed E-state index contributed by atoms with van der Waals surface area (Å²) in [6.07, 6.45) is 2.00. The lowest BCUT2D eigenvalue weighted by atomic mass is 10.1. The second-order valence-corrected chi connectivity index (χ2v) is 9.28. The average Bonchev–Trinajstić information content (AvgIpc) is 3.47. The van der Waals surface area contributed by atoms with Crippen molar-refractivity contribution in [1.82, 2.24) is 14.9 Å². The summed E-state index contributed by atoms with van der Waals surface area (Å²) in [5.41, 5.74) is 2.44. The fraction of sp³-hybridized carbons (Fsp3) is 0.300. The van der Waals surface area contributed by atoms with E-state index < -0.39 is 9.84 Å². The maximum absolute atomic E-state index is 12.5. The molecule has 1 aromatic heterocycles. The second-order valence-electron chi connectivity index (χ2n) is 7.00. The lowest BCUT2D eigenvalue weighted by Crippen LogP contribution is -2.22. The Balaban J connectivity index is 1.51. The number of hydrogen-bond acceptors (Lipinski definition) is 4. The van der Waals surface area contributed by atoms with E-state index in [0.717, 1.165) is 18.4 Å². The minimum Gasteiger partial charge on any atom is -0.348 e. The van der Waals surface area contributed by atoms with Crippen LogP contribution in [0, 0.1) is 0 Å². The van der Waals surface area contributed by atoms with Gasteiger partial charge in [-0.1, -0.05) is 19.1 Å². The van der Waals surface area contributed by atoms with E-state index in [1.54, 1.807) is 54.0 Å². The molecule has 0 radical (unpaired) electrons. The average molecular weight is 399 g/mol. The van der Waals surface area contributed by atoms with Crippen LogP contribution in [-0.2, 0) is 16.4 Å². The van der Waals surface area contributed by atoms with E-state index in [0.29, 0.717) is 16.6 Å². The molecular formula is C20H21N3O4S. The molecule has 0 unspecified atom stereocenters. The van der Waals surface area contributed by atoms with Gasteiger partial charge in [0.1, 0.15) is 0 Å². The zero-order valence-electron chi connectivity index (χ0n) is 15.4. The van der Waals surface area contributed by atoms with Crippen LogP contribution in [0.2, 0.25) is 0 Å². The van der Waals surface area contributed by atoms with Gasteiger partial charge in [0.25, 0.3) is 5.91 Å². The molecule has 0 spiro atoms. The Morgan fingerprint density at radius 1 is 1.21 bits per heavy atom. The quantitative estimate of drug-likeness (QED) is 0.664. The van der Waals surface area contributed by atoms with Crippen LogP contribution < -0.4 is 11.0 Å². The van der Waals surface area contributed by atoms with E-state index in [9.17, 15) is 18.0 Å². The first-order valence-corrected chi connectivity index (χ1v) is 10.9. The molecule has 3 aromatic rings. The molecule has 1 aliphatic rings. The van der Waals surface area contributed by atoms with Gasteiger partial charge in [0.05, 0.1) is 21.7 Å². The molecule has 8 heteroatoms. The summed E-state index contributed by atoms with van der Waals surface area (Å²) >= 11 is 0. The third-order valence-corrected chi connectivity index (χ3v) is 6.71. The predicted molar refractivity (Wildman–Crippen MR) is 106 cm³/mol. The highest BCUT2D eigenvalue weighted by Gasteiger charge is 2.27. The van der Waals surface area contributed by atoms with Crippen LogP contribution in [0.5, 0.6) is 0 Å². The number of sulfone groups is 1. The van der Waals surface area contributed by atoms with Crippen molar-refractivity contribution in [3.63, 3.8) is 0 Å². The second kappa shape index (κ2) is 6.94. The molecule has 0 saturated heterocycles. The third-order valence-electron chi connectivity index (χ3n) is 4.98. The molecule has 0 bridgehead atoms. The van der Waals surface area contributed by atoms with Crippen molar-refractivity contribution in [3.05, 3.63) is 64.1 Å². The Bertz CT molecular complexity index is 1220. The first kappa shape index (κ1) is 18.5. The number of fused-ring (bicyclic) bond motifs is 1. The zero-order valence-corrected chi connectivity index (χ0v) is 16.3. The largest absolute Gasteiger partial charge is 0.348 e. The monoisotopic (exact) mass is 399 g/mol. The van der Waals surface area contributed by atoms with Crippen molar-refractivity contribution >= 4 is 26.8 Å². The highest BCUT2D eigenvalue weighted by atomic mass is 32.2. The number of H-pyrrole nitrogens is 1. The fourth-order valence-electron chi connectivity index (χ4n) is 3.27. The number of imidazole rings is 1. The van der Waals surface area contributed by atoms with Crippen LogP contribution in [0.25, 0.3) is 11.0 Å². The van der Waals surface area contributed by atoms with Crippen LogP contribution in [0.4, 0.5) is 0 Å². The van der Waals surface area contributed by atoms with Gasteiger partial charge < -0.3 is 10.3 Å². The Labute approximate surface area is 162 Å². The van der Waals surface area contributed by atoms with Crippen LogP contribution in [0.3, 0.4) is 0 Å². The van der Waals surface area contributed by atoms with Crippen LogP contribution in [-0.4, -0.2) is 29.6 Å². The van der Waals surface area contributed by atoms with Crippen molar-refractivity contribution < 1.29 is 13.2 Å². The van der Waals surface area contributed by atoms with Gasteiger partial charge in [-0.2, -0.15) is 0 Å². The van der Waals surface area contributed by atoms with Crippen LogP contribution in [0.15, 0.2) is 52.2 Å². The lowest BCUT2D eigenvalue weighted by molar-refractivity contribution is 0.0951. The first-order chi connectivity index (χ1) is 13.4. The zero-order chi connectivity index (χ0) is 19.9. The van der Waals surface area contributed by atoms with E-state index in [2.05, 4.69) is 10.3 Å². The number of aromatic amines is 1. The molecule has 1 saturated carbocycles. The van der Waals surface area contributed by atoms with Gasteiger partial charge in [-0.15, -0.1) is 0 Å². The summed E-state index contributed by atoms with van der Waals surface area (Å²) < 4.78 is 25.7. The van der Waals surface area contributed by atoms with Crippen molar-refractivity contribution in [2.24, 2.45) is 0 Å². The minimum atomic E-state index is -3.29. The molecule has 2 aromatic carbocycles. The van der Waals surface area contributed by atoms with Gasteiger partial charge in [0.15, 0.2) is 9.84 Å². The Morgan fingerprint density at radius 3 is 2.71 bits per heavy atom. The Morgan fingerprint density at radius 2 is 2.00 bits per heavy atom. The summed E-state index contributed by atoms with van der Waals surface area (Å²) in [7, 11) is -3.29. The molecule has 2 N–H and O–H groups in total. The minimum absolute atomic E-state index is 0.0293. The summed E-state index contributed by atoms with van der Waals surface area (Å²) in [4.78, 5) is 27.7. The third kappa shape index (κ3) is 3.47. The maximum Gasteiger partial charge on any atom is 0.326 e. The normalized spacial score (nSPS) is 14.3. The van der Waals surface area contributed by atoms with Gasteiger partial charge in [-0.05, 0) is 48.7 Å². The topological polar surface area (TPSA) is 101 Å². The summed E-state index contributed by atoms with van der Waals surface area (Å²) in [5.74, 6) is -0.257. The van der Waals surface area contributed by atoms with E-state index >= 15 is 0 Å². The van der Waals surface area contributed by atoms with E-state index in [1.165, 1.54) is 0 Å². The molecule has 1 amide bonds. The SMILES string of the molecule is CCS(=O)(=O)c1cccc(CNC(=O)c2ccc3c(c2)[nH]c(=O)n3C2CC2)c1. The maximum atomic E-state index is 12.5. The number of carbonyl (C=O) groups excluding carboxylic acids is 1. The van der Waals surface area contributed by atoms with Gasteiger partial charge in [-0.3, -0.25) is 9.36 Å². The number of hydrogen-bond donors (Lipinski definition) is 2. The van der Waals surface area contributed by atoms with E-state index in [-0.39, 0.29) is 34.8 Å². The van der Waals surface area contributed by atoms with Gasteiger partial charge in [-0.25, -0.2) is 13.2 Å². The highest BCUT2D eigenvalue weighted by molar-refractivity contribution is 7.91. The number of rotatable bonds is 6. The summed E-state index contributed by atoms with van der Waals surface area (Å²) in [6, 6.07) is 12.0. The Hall–Kier alpha value is -2.87. The molecule has 7 nitrogen and oxygen atoms in total. The Kier molecular flexibility index (Phi) is 4.58. The van der Waals surface area contributed by atoms with Gasteiger partial charge in [0.2, 0.25) is 0 Å². The molecule has 0 atom stereocenters. The molecule has 1 heterocycles. The first-order valence-electron chi connectivity index (χ1n) is 9.23. The van der Waals surface area contributed by atoms with Crippen molar-refractivity contribution in [1.29, 1.82) is 0 Å². The molecule has 1 aliphatic carbocycles. The van der Waals surface area contributed by atoms with Gasteiger partial charge in [0, 0.05) is 18.2 Å². The van der Waals surface area contributed by atoms with Crippen molar-refractivity contribution in [2.45, 2.75) is 37.2 Å². The number of nitrogens with one attached hydrogen (secondary N) is 2. The summed E-state index contributed by atoms with van der Waals surface area (Å²) in [6.45, 7) is 1.81. The van der Waals surface area contributed by atoms with Crippen LogP contribution >= 0.6 is 0 Å². The number of amides is 1. The molecular weight excluding hydrogens is 378 g/mol. The summed E-state index contributed by atoms with van der Waals surface area (Å²) in [5, 5.41) is 2.80. The number of aromatic nitrogens is 2. The lowest BCUT2D eigenvalue weighted by Gasteiger charge is -2.08.